The highest BCUT2D eigenvalue weighted by Gasteiger charge is 2.20. The molecule has 3 heteroatoms. The molecule has 0 aromatic carbocycles. The fraction of sp³-hybridized carbons (Fsp3) is 1.00. The van der Waals surface area contributed by atoms with E-state index in [4.69, 9.17) is 10.5 Å². The summed E-state index contributed by atoms with van der Waals surface area (Å²) in [6.07, 6.45) is 0. The summed E-state index contributed by atoms with van der Waals surface area (Å²) >= 11 is 0. The van der Waals surface area contributed by atoms with Crippen LogP contribution in [0.3, 0.4) is 0 Å². The maximum Gasteiger partial charge on any atom is 0.0529 e. The maximum absolute atomic E-state index is 5.69. The molecule has 3 N–H and O–H groups in total. The van der Waals surface area contributed by atoms with E-state index in [0.717, 1.165) is 19.8 Å². The van der Waals surface area contributed by atoms with Crippen LogP contribution in [0.25, 0.3) is 0 Å². The Kier molecular flexibility index (Phi) is 17.0. The molecule has 0 amide bonds. The van der Waals surface area contributed by atoms with Gasteiger partial charge < -0.3 is 15.8 Å². The van der Waals surface area contributed by atoms with Gasteiger partial charge in [0.15, 0.2) is 0 Å². The van der Waals surface area contributed by atoms with Crippen molar-refractivity contribution >= 4 is 0 Å². The van der Waals surface area contributed by atoms with Gasteiger partial charge in [0.25, 0.3) is 0 Å². The van der Waals surface area contributed by atoms with Gasteiger partial charge in [-0.15, -0.1) is 0 Å². The fourth-order valence-corrected chi connectivity index (χ4v) is 1.19. The molecule has 0 heterocycles. The summed E-state index contributed by atoms with van der Waals surface area (Å²) in [7, 11) is 1.96. The van der Waals surface area contributed by atoms with E-state index in [2.05, 4.69) is 33.0 Å². The average molecular weight is 262 g/mol. The van der Waals surface area contributed by atoms with Gasteiger partial charge in [0.2, 0.25) is 0 Å². The first-order valence-corrected chi connectivity index (χ1v) is 7.25. The minimum Gasteiger partial charge on any atom is -0.380 e. The monoisotopic (exact) mass is 262 g/mol. The molecule has 0 radical (unpaired) electrons. The molecule has 0 aliphatic heterocycles. The maximum atomic E-state index is 5.69. The lowest BCUT2D eigenvalue weighted by Gasteiger charge is -2.28. The van der Waals surface area contributed by atoms with E-state index in [-0.39, 0.29) is 10.8 Å². The number of hydrogen-bond donors (Lipinski definition) is 2. The highest BCUT2D eigenvalue weighted by atomic mass is 16.5. The summed E-state index contributed by atoms with van der Waals surface area (Å²) in [6, 6.07) is 0. The van der Waals surface area contributed by atoms with Crippen LogP contribution in [0.2, 0.25) is 0 Å². The van der Waals surface area contributed by atoms with E-state index in [1.165, 1.54) is 0 Å². The smallest absolute Gasteiger partial charge is 0.0529 e. The molecule has 0 bridgehead atoms. The van der Waals surface area contributed by atoms with Crippen molar-refractivity contribution in [1.82, 2.24) is 5.32 Å². The summed E-state index contributed by atoms with van der Waals surface area (Å²) in [5.41, 5.74) is 5.91. The summed E-state index contributed by atoms with van der Waals surface area (Å²) in [5.74, 6) is 0. The highest BCUT2D eigenvalue weighted by molar-refractivity contribution is 4.72. The normalized spacial score (nSPS) is 11.0. The summed E-state index contributed by atoms with van der Waals surface area (Å²) in [5, 5.41) is 3.16. The Morgan fingerprint density at radius 2 is 1.28 bits per heavy atom. The van der Waals surface area contributed by atoms with Crippen LogP contribution >= 0.6 is 0 Å². The van der Waals surface area contributed by atoms with Gasteiger partial charge in [-0.3, -0.25) is 0 Å². The molecule has 0 fully saturated rings. The molecule has 18 heavy (non-hydrogen) atoms. The number of nitrogens with one attached hydrogen (secondary N) is 1. The van der Waals surface area contributed by atoms with Crippen LogP contribution in [-0.4, -0.2) is 33.4 Å². The van der Waals surface area contributed by atoms with E-state index in [1.54, 1.807) is 0 Å². The lowest BCUT2D eigenvalue weighted by molar-refractivity contribution is 0.0189. The van der Waals surface area contributed by atoms with Gasteiger partial charge in [0, 0.05) is 17.4 Å². The van der Waals surface area contributed by atoms with Crippen molar-refractivity contribution < 1.29 is 4.74 Å². The van der Waals surface area contributed by atoms with Crippen LogP contribution < -0.4 is 11.1 Å². The second-order valence-electron chi connectivity index (χ2n) is 5.56. The molecule has 114 valence electrons. The van der Waals surface area contributed by atoms with Gasteiger partial charge in [-0.1, -0.05) is 55.4 Å². The predicted octanol–water partition coefficient (Wildman–Crippen LogP) is 3.29. The molecule has 0 rings (SSSR count). The zero-order chi connectivity index (χ0) is 15.2. The van der Waals surface area contributed by atoms with E-state index < -0.39 is 0 Å². The molecule has 0 atom stereocenters. The second-order valence-corrected chi connectivity index (χ2v) is 5.56. The third kappa shape index (κ3) is 15.9. The Labute approximate surface area is 116 Å². The molecular formula is C15H38N2O. The summed E-state index contributed by atoms with van der Waals surface area (Å²) in [4.78, 5) is 0. The molecule has 0 aromatic heterocycles. The number of nitrogens with two attached hydrogens (primary N) is 1. The van der Waals surface area contributed by atoms with E-state index in [9.17, 15) is 0 Å². The van der Waals surface area contributed by atoms with E-state index >= 15 is 0 Å². The van der Waals surface area contributed by atoms with E-state index in [0.29, 0.717) is 6.54 Å². The van der Waals surface area contributed by atoms with Crippen LogP contribution in [0.5, 0.6) is 0 Å². The molecule has 0 saturated carbocycles. The largest absolute Gasteiger partial charge is 0.380 e. The first-order valence-electron chi connectivity index (χ1n) is 7.25. The van der Waals surface area contributed by atoms with Crippen LogP contribution in [0.4, 0.5) is 0 Å². The lowest BCUT2D eigenvalue weighted by Crippen LogP contribution is -2.34. The van der Waals surface area contributed by atoms with Gasteiger partial charge in [0.05, 0.1) is 13.2 Å². The van der Waals surface area contributed by atoms with Crippen molar-refractivity contribution in [2.45, 2.75) is 55.4 Å². The zero-order valence-electron chi connectivity index (χ0n) is 14.3. The molecular weight excluding hydrogens is 224 g/mol. The van der Waals surface area contributed by atoms with Gasteiger partial charge in [0.1, 0.15) is 0 Å². The Balaban J connectivity index is -0.000000506. The second kappa shape index (κ2) is 13.3. The van der Waals surface area contributed by atoms with Gasteiger partial charge in [-0.2, -0.15) is 0 Å². The standard InChI is InChI=1S/C11H26N2O.2C2H6/c1-10(2,6-12)8-14-9-11(3,4)7-13-5;2*1-2/h13H,6-9,12H2,1-5H3;2*1-2H3. The highest BCUT2D eigenvalue weighted by Crippen LogP contribution is 2.17. The van der Waals surface area contributed by atoms with Crippen LogP contribution in [0.15, 0.2) is 0 Å². The molecule has 0 aliphatic rings. The third-order valence-electron chi connectivity index (χ3n) is 2.19. The van der Waals surface area contributed by atoms with Crippen molar-refractivity contribution in [1.29, 1.82) is 0 Å². The Morgan fingerprint density at radius 3 is 1.61 bits per heavy atom. The number of rotatable bonds is 7. The molecule has 0 unspecified atom stereocenters. The first kappa shape index (κ1) is 23.0. The Bertz CT molecular complexity index is 157. The van der Waals surface area contributed by atoms with Crippen molar-refractivity contribution in [3.8, 4) is 0 Å². The van der Waals surface area contributed by atoms with Crippen molar-refractivity contribution in [3.05, 3.63) is 0 Å². The SMILES string of the molecule is CC.CC.CNCC(C)(C)COCC(C)(C)CN. The molecule has 0 saturated heterocycles. The van der Waals surface area contributed by atoms with Crippen molar-refractivity contribution in [2.75, 3.05) is 33.4 Å². The minimum absolute atomic E-state index is 0.0930. The zero-order valence-corrected chi connectivity index (χ0v) is 14.3. The fourth-order valence-electron chi connectivity index (χ4n) is 1.19. The Hall–Kier alpha value is -0.120. The average Bonchev–Trinajstić information content (AvgIpc) is 2.33. The van der Waals surface area contributed by atoms with Gasteiger partial charge in [-0.25, -0.2) is 0 Å². The van der Waals surface area contributed by atoms with Crippen molar-refractivity contribution in [2.24, 2.45) is 16.6 Å². The number of hydrogen-bond acceptors (Lipinski definition) is 3. The predicted molar refractivity (Wildman–Crippen MR) is 84.1 cm³/mol. The summed E-state index contributed by atoms with van der Waals surface area (Å²) in [6.45, 7) is 19.8. The molecule has 0 spiro atoms. The van der Waals surface area contributed by atoms with Gasteiger partial charge >= 0.3 is 0 Å². The van der Waals surface area contributed by atoms with Crippen molar-refractivity contribution in [3.63, 3.8) is 0 Å². The quantitative estimate of drug-likeness (QED) is 0.740. The van der Waals surface area contributed by atoms with E-state index in [1.807, 2.05) is 34.7 Å². The molecule has 0 aliphatic carbocycles. The van der Waals surface area contributed by atoms with Gasteiger partial charge in [-0.05, 0) is 13.6 Å². The number of ether oxygens (including phenoxy) is 1. The van der Waals surface area contributed by atoms with Crippen LogP contribution in [0.1, 0.15) is 55.4 Å². The topological polar surface area (TPSA) is 47.3 Å². The lowest BCUT2D eigenvalue weighted by atomic mass is 9.93. The minimum atomic E-state index is 0.0930. The Morgan fingerprint density at radius 1 is 0.889 bits per heavy atom. The molecule has 0 aromatic rings. The molecule has 3 nitrogen and oxygen atoms in total. The van der Waals surface area contributed by atoms with Crippen LogP contribution in [-0.2, 0) is 4.74 Å². The van der Waals surface area contributed by atoms with Crippen LogP contribution in [0, 0.1) is 10.8 Å². The summed E-state index contributed by atoms with van der Waals surface area (Å²) < 4.78 is 5.69. The first-order chi connectivity index (χ1) is 8.33. The third-order valence-corrected chi connectivity index (χ3v) is 2.19.